The van der Waals surface area contributed by atoms with Crippen molar-refractivity contribution >= 4 is 6.09 Å². The normalized spacial score (nSPS) is 18.2. The number of amides is 1. The second-order valence-electron chi connectivity index (χ2n) is 11.9. The number of piperidine rings is 1. The summed E-state index contributed by atoms with van der Waals surface area (Å²) in [6.45, 7) is 11.3. The summed E-state index contributed by atoms with van der Waals surface area (Å²) < 4.78 is 14.6. The van der Waals surface area contributed by atoms with Crippen molar-refractivity contribution in [3.63, 3.8) is 0 Å². The van der Waals surface area contributed by atoms with E-state index in [0.717, 1.165) is 68.0 Å². The summed E-state index contributed by atoms with van der Waals surface area (Å²) in [4.78, 5) is 19.6. The van der Waals surface area contributed by atoms with Gasteiger partial charge in [0.2, 0.25) is 0 Å². The van der Waals surface area contributed by atoms with Crippen LogP contribution in [-0.4, -0.2) is 58.9 Å². The molecule has 1 amide bonds. The van der Waals surface area contributed by atoms with Crippen LogP contribution >= 0.6 is 0 Å². The van der Waals surface area contributed by atoms with Crippen molar-refractivity contribution in [2.24, 2.45) is 0 Å². The summed E-state index contributed by atoms with van der Waals surface area (Å²) >= 11 is 0. The molecule has 39 heavy (non-hydrogen) atoms. The van der Waals surface area contributed by atoms with E-state index in [1.54, 1.807) is 0 Å². The number of carbonyl (C=O) groups is 1. The molecule has 2 aromatic carbocycles. The maximum Gasteiger partial charge on any atom is 0.407 e. The molecule has 2 aliphatic rings. The zero-order chi connectivity index (χ0) is 27.6. The SMILES string of the molecule is Cc1c(-c2ccc(CCNC(=O)OC(C)(C)C)cc2)nc2n1CCc1ccccc1C2OC1CCN(C)CC1. The van der Waals surface area contributed by atoms with E-state index in [2.05, 4.69) is 77.3 Å². The number of ether oxygens (including phenoxy) is 2. The van der Waals surface area contributed by atoms with Crippen LogP contribution in [0.1, 0.15) is 67.9 Å². The molecule has 1 unspecified atom stereocenters. The summed E-state index contributed by atoms with van der Waals surface area (Å²) in [7, 11) is 2.18. The molecule has 7 heteroatoms. The molecule has 7 nitrogen and oxygen atoms in total. The van der Waals surface area contributed by atoms with Gasteiger partial charge in [-0.25, -0.2) is 9.78 Å². The minimum absolute atomic E-state index is 0.164. The highest BCUT2D eigenvalue weighted by Gasteiger charge is 2.32. The number of imidazole rings is 1. The smallest absolute Gasteiger partial charge is 0.407 e. The Morgan fingerprint density at radius 1 is 1.05 bits per heavy atom. The van der Waals surface area contributed by atoms with Gasteiger partial charge in [0.1, 0.15) is 17.5 Å². The van der Waals surface area contributed by atoms with E-state index in [1.807, 2.05) is 20.8 Å². The van der Waals surface area contributed by atoms with Gasteiger partial charge in [-0.15, -0.1) is 0 Å². The van der Waals surface area contributed by atoms with E-state index in [4.69, 9.17) is 14.5 Å². The Morgan fingerprint density at radius 2 is 1.77 bits per heavy atom. The van der Waals surface area contributed by atoms with Gasteiger partial charge in [0.15, 0.2) is 0 Å². The minimum atomic E-state index is -0.494. The van der Waals surface area contributed by atoms with Gasteiger partial charge in [-0.3, -0.25) is 0 Å². The van der Waals surface area contributed by atoms with Gasteiger partial charge in [0.25, 0.3) is 0 Å². The number of carbonyl (C=O) groups excluding carboxylic acids is 1. The van der Waals surface area contributed by atoms with Crippen molar-refractivity contribution in [1.29, 1.82) is 0 Å². The number of nitrogens with zero attached hydrogens (tertiary/aromatic N) is 3. The molecule has 1 fully saturated rings. The molecule has 3 aromatic rings. The Kier molecular flexibility index (Phi) is 8.10. The van der Waals surface area contributed by atoms with Gasteiger partial charge in [-0.05, 0) is 77.1 Å². The summed E-state index contributed by atoms with van der Waals surface area (Å²) in [5.41, 5.74) is 6.56. The number of rotatable bonds is 6. The van der Waals surface area contributed by atoms with E-state index in [1.165, 1.54) is 16.8 Å². The summed E-state index contributed by atoms with van der Waals surface area (Å²) in [5.74, 6) is 1.01. The van der Waals surface area contributed by atoms with Crippen LogP contribution < -0.4 is 5.32 Å². The minimum Gasteiger partial charge on any atom is -0.444 e. The van der Waals surface area contributed by atoms with Gasteiger partial charge < -0.3 is 24.3 Å². The van der Waals surface area contributed by atoms with E-state index in [-0.39, 0.29) is 18.3 Å². The number of hydrogen-bond acceptors (Lipinski definition) is 5. The van der Waals surface area contributed by atoms with Crippen LogP contribution in [-0.2, 0) is 28.9 Å². The third-order valence-electron chi connectivity index (χ3n) is 7.73. The van der Waals surface area contributed by atoms with E-state index < -0.39 is 5.60 Å². The topological polar surface area (TPSA) is 68.6 Å². The number of fused-ring (bicyclic) bond motifs is 2. The average molecular weight is 531 g/mol. The second kappa shape index (κ2) is 11.5. The Bertz CT molecular complexity index is 1280. The fraction of sp³-hybridized carbons (Fsp3) is 0.500. The molecule has 208 valence electrons. The number of aryl methyl sites for hydroxylation is 1. The highest BCUT2D eigenvalue weighted by atomic mass is 16.6. The molecule has 0 saturated carbocycles. The van der Waals surface area contributed by atoms with Crippen LogP contribution in [0.3, 0.4) is 0 Å². The Labute approximate surface area is 232 Å². The Morgan fingerprint density at radius 3 is 2.49 bits per heavy atom. The fourth-order valence-corrected chi connectivity index (χ4v) is 5.60. The van der Waals surface area contributed by atoms with Crippen molar-refractivity contribution in [3.05, 3.63) is 76.7 Å². The molecule has 3 heterocycles. The fourth-order valence-electron chi connectivity index (χ4n) is 5.60. The zero-order valence-corrected chi connectivity index (χ0v) is 24.0. The van der Waals surface area contributed by atoms with Crippen molar-refractivity contribution < 1.29 is 14.3 Å². The first-order chi connectivity index (χ1) is 18.7. The number of alkyl carbamates (subject to hydrolysis) is 1. The van der Waals surface area contributed by atoms with Crippen LogP contribution in [0, 0.1) is 6.92 Å². The third-order valence-corrected chi connectivity index (χ3v) is 7.73. The molecule has 2 aliphatic heterocycles. The zero-order valence-electron chi connectivity index (χ0n) is 24.0. The van der Waals surface area contributed by atoms with Crippen molar-refractivity contribution in [1.82, 2.24) is 19.8 Å². The summed E-state index contributed by atoms with van der Waals surface area (Å²) in [6.07, 6.45) is 3.49. The molecular weight excluding hydrogens is 488 g/mol. The first-order valence-corrected chi connectivity index (χ1v) is 14.2. The van der Waals surface area contributed by atoms with Crippen LogP contribution in [0.25, 0.3) is 11.3 Å². The molecule has 1 aromatic heterocycles. The largest absolute Gasteiger partial charge is 0.444 e. The molecule has 5 rings (SSSR count). The third kappa shape index (κ3) is 6.53. The maximum atomic E-state index is 11.9. The first-order valence-electron chi connectivity index (χ1n) is 14.2. The summed E-state index contributed by atoms with van der Waals surface area (Å²) in [6, 6.07) is 17.2. The number of likely N-dealkylation sites (tertiary alicyclic amines) is 1. The number of nitrogens with one attached hydrogen (secondary N) is 1. The van der Waals surface area contributed by atoms with Crippen LogP contribution in [0.5, 0.6) is 0 Å². The standard InChI is InChI=1S/C32H42N4O3/c1-22-28(25-12-10-23(11-13-25)14-18-33-31(37)39-32(2,3)4)34-30-29(38-26-16-19-35(5)20-17-26)27-9-7-6-8-24(27)15-21-36(22)30/h6-13,26,29H,14-21H2,1-5H3,(H,33,37). The van der Waals surface area contributed by atoms with Crippen molar-refractivity contribution in [2.45, 2.75) is 77.7 Å². The molecular formula is C32H42N4O3. The lowest BCUT2D eigenvalue weighted by molar-refractivity contribution is -0.0276. The molecule has 1 N–H and O–H groups in total. The molecule has 0 radical (unpaired) electrons. The van der Waals surface area contributed by atoms with Crippen molar-refractivity contribution in [2.75, 3.05) is 26.7 Å². The monoisotopic (exact) mass is 530 g/mol. The number of aromatic nitrogens is 2. The van der Waals surface area contributed by atoms with E-state index in [0.29, 0.717) is 6.54 Å². The Balaban J connectivity index is 1.35. The molecule has 0 aliphatic carbocycles. The predicted octanol–water partition coefficient (Wildman–Crippen LogP) is 5.68. The molecule has 1 saturated heterocycles. The van der Waals surface area contributed by atoms with E-state index >= 15 is 0 Å². The molecule has 1 atom stereocenters. The Hall–Kier alpha value is -3.16. The van der Waals surface area contributed by atoms with Gasteiger partial charge in [0, 0.05) is 37.4 Å². The van der Waals surface area contributed by atoms with Gasteiger partial charge in [0.05, 0.1) is 11.8 Å². The number of hydrogen-bond donors (Lipinski definition) is 1. The van der Waals surface area contributed by atoms with Gasteiger partial charge in [-0.1, -0.05) is 48.5 Å². The lowest BCUT2D eigenvalue weighted by Crippen LogP contribution is -2.35. The lowest BCUT2D eigenvalue weighted by atomic mass is 9.99. The highest BCUT2D eigenvalue weighted by Crippen LogP contribution is 2.37. The van der Waals surface area contributed by atoms with Crippen molar-refractivity contribution in [3.8, 4) is 11.3 Å². The predicted molar refractivity (Wildman–Crippen MR) is 154 cm³/mol. The maximum absolute atomic E-state index is 11.9. The second-order valence-corrected chi connectivity index (χ2v) is 11.9. The molecule has 0 spiro atoms. The quantitative estimate of drug-likeness (QED) is 0.444. The lowest BCUT2D eigenvalue weighted by Gasteiger charge is -2.32. The average Bonchev–Trinajstić information content (AvgIpc) is 3.13. The number of benzene rings is 2. The summed E-state index contributed by atoms with van der Waals surface area (Å²) in [5, 5.41) is 2.84. The van der Waals surface area contributed by atoms with Crippen LogP contribution in [0.2, 0.25) is 0 Å². The first kappa shape index (κ1) is 27.4. The molecule has 0 bridgehead atoms. The van der Waals surface area contributed by atoms with Crippen LogP contribution in [0.4, 0.5) is 4.79 Å². The van der Waals surface area contributed by atoms with Crippen LogP contribution in [0.15, 0.2) is 48.5 Å². The van der Waals surface area contributed by atoms with E-state index in [9.17, 15) is 4.79 Å². The van der Waals surface area contributed by atoms with Gasteiger partial charge in [-0.2, -0.15) is 0 Å². The highest BCUT2D eigenvalue weighted by molar-refractivity contribution is 5.67. The van der Waals surface area contributed by atoms with Gasteiger partial charge >= 0.3 is 6.09 Å².